The van der Waals surface area contributed by atoms with E-state index in [2.05, 4.69) is 62.8 Å². The first-order valence-corrected chi connectivity index (χ1v) is 8.28. The normalized spacial score (nSPS) is 11.7. The molecule has 0 aliphatic rings. The Labute approximate surface area is 131 Å². The molecule has 120 valence electrons. The summed E-state index contributed by atoms with van der Waals surface area (Å²) in [5.41, 5.74) is 2.64. The fraction of sp³-hybridized carbons (Fsp3) is 0.722. The number of hydrogen-bond donors (Lipinski definition) is 1. The maximum absolute atomic E-state index is 4.32. The van der Waals surface area contributed by atoms with E-state index in [1.165, 1.54) is 11.3 Å². The van der Waals surface area contributed by atoms with Gasteiger partial charge in [0.1, 0.15) is 0 Å². The summed E-state index contributed by atoms with van der Waals surface area (Å²) in [5, 5.41) is 3.54. The molecule has 1 aromatic heterocycles. The van der Waals surface area contributed by atoms with Crippen LogP contribution in [0.25, 0.3) is 0 Å². The van der Waals surface area contributed by atoms with Crippen molar-refractivity contribution in [1.29, 1.82) is 0 Å². The van der Waals surface area contributed by atoms with Crippen molar-refractivity contribution in [3.8, 4) is 0 Å². The van der Waals surface area contributed by atoms with Crippen LogP contribution >= 0.6 is 0 Å². The van der Waals surface area contributed by atoms with E-state index in [1.807, 2.05) is 12.4 Å². The molecule has 1 rings (SSSR count). The number of nitrogens with one attached hydrogen (secondary N) is 1. The van der Waals surface area contributed by atoms with Gasteiger partial charge in [-0.25, -0.2) is 0 Å². The van der Waals surface area contributed by atoms with E-state index in [-0.39, 0.29) is 0 Å². The van der Waals surface area contributed by atoms with Crippen molar-refractivity contribution < 1.29 is 0 Å². The van der Waals surface area contributed by atoms with Crippen molar-refractivity contribution in [3.63, 3.8) is 0 Å². The highest BCUT2D eigenvalue weighted by molar-refractivity contribution is 5.52. The zero-order valence-electron chi connectivity index (χ0n) is 14.7. The Bertz CT molecular complexity index is 389. The second kappa shape index (κ2) is 9.04. The third kappa shape index (κ3) is 6.94. The van der Waals surface area contributed by atoms with E-state index < -0.39 is 0 Å². The summed E-state index contributed by atoms with van der Waals surface area (Å²) < 4.78 is 0. The summed E-state index contributed by atoms with van der Waals surface area (Å²) in [6.45, 7) is 17.7. The summed E-state index contributed by atoms with van der Waals surface area (Å²) in [7, 11) is 0. The van der Waals surface area contributed by atoms with E-state index in [0.717, 1.165) is 26.2 Å². The van der Waals surface area contributed by atoms with Crippen molar-refractivity contribution >= 4 is 5.69 Å². The molecule has 0 amide bonds. The topological polar surface area (TPSA) is 28.2 Å². The minimum Gasteiger partial charge on any atom is -0.371 e. The fourth-order valence-corrected chi connectivity index (χ4v) is 2.51. The Balaban J connectivity index is 2.85. The molecule has 0 saturated heterocycles. The molecule has 3 nitrogen and oxygen atoms in total. The number of hydrogen-bond acceptors (Lipinski definition) is 3. The smallest absolute Gasteiger partial charge is 0.0443 e. The number of nitrogens with zero attached hydrogens (tertiary/aromatic N) is 2. The van der Waals surface area contributed by atoms with Gasteiger partial charge in [-0.3, -0.25) is 4.98 Å². The third-order valence-electron chi connectivity index (χ3n) is 3.26. The second-order valence-corrected chi connectivity index (χ2v) is 7.22. The largest absolute Gasteiger partial charge is 0.371 e. The molecule has 3 heteroatoms. The van der Waals surface area contributed by atoms with Crippen molar-refractivity contribution in [3.05, 3.63) is 24.0 Å². The van der Waals surface area contributed by atoms with E-state index >= 15 is 0 Å². The van der Waals surface area contributed by atoms with Gasteiger partial charge in [0, 0.05) is 43.3 Å². The van der Waals surface area contributed by atoms with Crippen molar-refractivity contribution in [2.24, 2.45) is 17.8 Å². The number of anilines is 1. The molecule has 0 fully saturated rings. The summed E-state index contributed by atoms with van der Waals surface area (Å²) >= 11 is 0. The quantitative estimate of drug-likeness (QED) is 0.747. The number of aromatic nitrogens is 1. The molecular weight excluding hydrogens is 258 g/mol. The first-order chi connectivity index (χ1) is 9.90. The summed E-state index contributed by atoms with van der Waals surface area (Å²) in [6.07, 6.45) is 3.92. The third-order valence-corrected chi connectivity index (χ3v) is 3.26. The lowest BCUT2D eigenvalue weighted by Crippen LogP contribution is -2.32. The summed E-state index contributed by atoms with van der Waals surface area (Å²) in [5.74, 6) is 1.99. The Kier molecular flexibility index (Phi) is 7.73. The molecular formula is C18H33N3. The van der Waals surface area contributed by atoms with Gasteiger partial charge >= 0.3 is 0 Å². The van der Waals surface area contributed by atoms with Crippen LogP contribution in [0.1, 0.15) is 47.1 Å². The van der Waals surface area contributed by atoms with Gasteiger partial charge < -0.3 is 10.2 Å². The lowest BCUT2D eigenvalue weighted by molar-refractivity contribution is 0.540. The van der Waals surface area contributed by atoms with Crippen LogP contribution in [0, 0.1) is 17.8 Å². The fourth-order valence-electron chi connectivity index (χ4n) is 2.51. The van der Waals surface area contributed by atoms with Crippen LogP contribution in [0.15, 0.2) is 18.5 Å². The van der Waals surface area contributed by atoms with E-state index in [9.17, 15) is 0 Å². The second-order valence-electron chi connectivity index (χ2n) is 7.22. The van der Waals surface area contributed by atoms with Crippen LogP contribution < -0.4 is 10.2 Å². The molecule has 0 unspecified atom stereocenters. The molecule has 21 heavy (non-hydrogen) atoms. The average molecular weight is 291 g/mol. The van der Waals surface area contributed by atoms with Crippen molar-refractivity contribution in [1.82, 2.24) is 10.3 Å². The van der Waals surface area contributed by atoms with E-state index in [0.29, 0.717) is 17.8 Å². The van der Waals surface area contributed by atoms with Gasteiger partial charge in [0.05, 0.1) is 0 Å². The van der Waals surface area contributed by atoms with Crippen molar-refractivity contribution in [2.45, 2.75) is 48.1 Å². The summed E-state index contributed by atoms with van der Waals surface area (Å²) in [6, 6.07) is 2.16. The van der Waals surface area contributed by atoms with Gasteiger partial charge in [-0.05, 0) is 30.4 Å². The predicted molar refractivity (Wildman–Crippen MR) is 92.7 cm³/mol. The highest BCUT2D eigenvalue weighted by Crippen LogP contribution is 2.22. The molecule has 0 spiro atoms. The van der Waals surface area contributed by atoms with Crippen LogP contribution in [0.5, 0.6) is 0 Å². The van der Waals surface area contributed by atoms with Gasteiger partial charge in [-0.1, -0.05) is 41.5 Å². The SMILES string of the molecule is CC(C)CNCc1cnccc1N(CC(C)C)CC(C)C. The Morgan fingerprint density at radius 1 is 1.00 bits per heavy atom. The van der Waals surface area contributed by atoms with Crippen LogP contribution in [0.2, 0.25) is 0 Å². The van der Waals surface area contributed by atoms with E-state index in [1.54, 1.807) is 0 Å². The molecule has 0 radical (unpaired) electrons. The highest BCUT2D eigenvalue weighted by atomic mass is 15.1. The molecule has 1 N–H and O–H groups in total. The van der Waals surface area contributed by atoms with Gasteiger partial charge in [0.25, 0.3) is 0 Å². The molecule has 1 aromatic rings. The Hall–Kier alpha value is -1.09. The van der Waals surface area contributed by atoms with Crippen LogP contribution in [0.3, 0.4) is 0 Å². The van der Waals surface area contributed by atoms with Crippen molar-refractivity contribution in [2.75, 3.05) is 24.5 Å². The highest BCUT2D eigenvalue weighted by Gasteiger charge is 2.14. The lowest BCUT2D eigenvalue weighted by Gasteiger charge is -2.30. The number of rotatable bonds is 9. The first-order valence-electron chi connectivity index (χ1n) is 8.28. The predicted octanol–water partition coefficient (Wildman–Crippen LogP) is 3.95. The zero-order valence-corrected chi connectivity index (χ0v) is 14.7. The Morgan fingerprint density at radius 2 is 1.62 bits per heavy atom. The van der Waals surface area contributed by atoms with Gasteiger partial charge in [0.2, 0.25) is 0 Å². The first kappa shape index (κ1) is 18.0. The van der Waals surface area contributed by atoms with Gasteiger partial charge in [-0.15, -0.1) is 0 Å². The molecule has 0 aliphatic carbocycles. The maximum atomic E-state index is 4.32. The molecule has 0 aliphatic heterocycles. The Morgan fingerprint density at radius 3 is 2.14 bits per heavy atom. The molecule has 0 bridgehead atoms. The van der Waals surface area contributed by atoms with Crippen LogP contribution in [-0.4, -0.2) is 24.6 Å². The molecule has 0 saturated carbocycles. The minimum absolute atomic E-state index is 0.661. The number of pyridine rings is 1. The lowest BCUT2D eigenvalue weighted by atomic mass is 10.1. The molecule has 0 atom stereocenters. The molecule has 1 heterocycles. The van der Waals surface area contributed by atoms with Gasteiger partial charge in [0.15, 0.2) is 0 Å². The van der Waals surface area contributed by atoms with Crippen LogP contribution in [-0.2, 0) is 6.54 Å². The zero-order chi connectivity index (χ0) is 15.8. The maximum Gasteiger partial charge on any atom is 0.0443 e. The van der Waals surface area contributed by atoms with Crippen LogP contribution in [0.4, 0.5) is 5.69 Å². The summed E-state index contributed by atoms with van der Waals surface area (Å²) in [4.78, 5) is 6.83. The standard InChI is InChI=1S/C18H33N3/c1-14(2)9-20-11-17-10-19-8-7-18(17)21(12-15(3)4)13-16(5)6/h7-8,10,14-16,20H,9,11-13H2,1-6H3. The van der Waals surface area contributed by atoms with Gasteiger partial charge in [-0.2, -0.15) is 0 Å². The minimum atomic E-state index is 0.661. The monoisotopic (exact) mass is 291 g/mol. The molecule has 0 aromatic carbocycles. The average Bonchev–Trinajstić information content (AvgIpc) is 2.37. The van der Waals surface area contributed by atoms with E-state index in [4.69, 9.17) is 0 Å².